The van der Waals surface area contributed by atoms with Crippen LogP contribution in [0.3, 0.4) is 0 Å². The molecule has 0 saturated heterocycles. The summed E-state index contributed by atoms with van der Waals surface area (Å²) in [4.78, 5) is 7.80. The smallest absolute Gasteiger partial charge is 0.232 e. The second-order valence-corrected chi connectivity index (χ2v) is 3.32. The number of ether oxygens (including phenoxy) is 1. The van der Waals surface area contributed by atoms with Crippen LogP contribution in [-0.4, -0.2) is 22.1 Å². The molecular formula is C9H10N4O. The van der Waals surface area contributed by atoms with Crippen LogP contribution in [0.2, 0.25) is 0 Å². The Kier molecular flexibility index (Phi) is 2.29. The van der Waals surface area contributed by atoms with E-state index in [0.717, 1.165) is 12.8 Å². The first kappa shape index (κ1) is 8.91. The zero-order valence-corrected chi connectivity index (χ0v) is 7.55. The van der Waals surface area contributed by atoms with E-state index in [0.29, 0.717) is 11.6 Å². The highest BCUT2D eigenvalue weighted by atomic mass is 16.5. The molecular weight excluding hydrogens is 180 g/mol. The van der Waals surface area contributed by atoms with Crippen molar-refractivity contribution < 1.29 is 4.74 Å². The highest BCUT2D eigenvalue weighted by Gasteiger charge is 2.27. The minimum Gasteiger partial charge on any atom is -0.473 e. The third kappa shape index (κ3) is 1.80. The summed E-state index contributed by atoms with van der Waals surface area (Å²) in [5, 5.41) is 8.49. The molecule has 0 amide bonds. The molecule has 1 aliphatic carbocycles. The molecule has 2 rings (SSSR count). The van der Waals surface area contributed by atoms with Crippen LogP contribution in [-0.2, 0) is 0 Å². The Balaban J connectivity index is 1.94. The summed E-state index contributed by atoms with van der Waals surface area (Å²) < 4.78 is 5.46. The van der Waals surface area contributed by atoms with Gasteiger partial charge in [-0.2, -0.15) is 5.26 Å². The minimum absolute atomic E-state index is 0.159. The molecule has 5 nitrogen and oxygen atoms in total. The molecule has 0 spiro atoms. The lowest BCUT2D eigenvalue weighted by atomic mass is 9.90. The normalized spacial score (nSPS) is 24.9. The first-order valence-corrected chi connectivity index (χ1v) is 4.42. The van der Waals surface area contributed by atoms with E-state index in [1.54, 1.807) is 0 Å². The Morgan fingerprint density at radius 2 is 2.21 bits per heavy atom. The highest BCUT2D eigenvalue weighted by Crippen LogP contribution is 2.22. The molecule has 1 heterocycles. The predicted octanol–water partition coefficient (Wildman–Crippen LogP) is 0.217. The van der Waals surface area contributed by atoms with E-state index < -0.39 is 0 Å². The lowest BCUT2D eigenvalue weighted by Crippen LogP contribution is -2.43. The summed E-state index contributed by atoms with van der Waals surface area (Å²) >= 11 is 0. The molecule has 0 unspecified atom stereocenters. The molecule has 72 valence electrons. The lowest BCUT2D eigenvalue weighted by Gasteiger charge is -2.31. The molecule has 14 heavy (non-hydrogen) atoms. The summed E-state index contributed by atoms with van der Waals surface area (Å²) in [5.74, 6) is 0.459. The van der Waals surface area contributed by atoms with Crippen molar-refractivity contribution in [2.24, 2.45) is 5.73 Å². The van der Waals surface area contributed by atoms with Crippen LogP contribution in [0.15, 0.2) is 12.4 Å². The third-order valence-corrected chi connectivity index (χ3v) is 2.16. The Hall–Kier alpha value is -1.67. The van der Waals surface area contributed by atoms with Crippen LogP contribution in [0.1, 0.15) is 18.5 Å². The average Bonchev–Trinajstić information content (AvgIpc) is 2.17. The second-order valence-electron chi connectivity index (χ2n) is 3.32. The van der Waals surface area contributed by atoms with Crippen molar-refractivity contribution in [3.63, 3.8) is 0 Å². The van der Waals surface area contributed by atoms with Gasteiger partial charge in [-0.3, -0.25) is 0 Å². The van der Waals surface area contributed by atoms with E-state index in [4.69, 9.17) is 15.7 Å². The zero-order valence-electron chi connectivity index (χ0n) is 7.55. The fraction of sp³-hybridized carbons (Fsp3) is 0.444. The van der Waals surface area contributed by atoms with Crippen LogP contribution < -0.4 is 10.5 Å². The van der Waals surface area contributed by atoms with Crippen molar-refractivity contribution in [2.75, 3.05) is 0 Å². The molecule has 0 atom stereocenters. The highest BCUT2D eigenvalue weighted by molar-refractivity contribution is 5.18. The molecule has 0 radical (unpaired) electrons. The van der Waals surface area contributed by atoms with Gasteiger partial charge < -0.3 is 10.5 Å². The monoisotopic (exact) mass is 190 g/mol. The first-order chi connectivity index (χ1) is 6.78. The molecule has 1 aromatic rings. The minimum atomic E-state index is 0.159. The third-order valence-electron chi connectivity index (χ3n) is 2.16. The van der Waals surface area contributed by atoms with Crippen LogP contribution in [0, 0.1) is 11.3 Å². The van der Waals surface area contributed by atoms with Gasteiger partial charge in [-0.1, -0.05) is 0 Å². The van der Waals surface area contributed by atoms with Crippen molar-refractivity contribution in [3.8, 4) is 11.9 Å². The van der Waals surface area contributed by atoms with Crippen LogP contribution >= 0.6 is 0 Å². The van der Waals surface area contributed by atoms with E-state index >= 15 is 0 Å². The van der Waals surface area contributed by atoms with E-state index in [9.17, 15) is 0 Å². The lowest BCUT2D eigenvalue weighted by molar-refractivity contribution is 0.0953. The van der Waals surface area contributed by atoms with Gasteiger partial charge in [0.25, 0.3) is 0 Å². The van der Waals surface area contributed by atoms with E-state index in [1.165, 1.54) is 12.4 Å². The molecule has 0 aromatic carbocycles. The van der Waals surface area contributed by atoms with Crippen LogP contribution in [0.4, 0.5) is 0 Å². The van der Waals surface area contributed by atoms with Gasteiger partial charge in [0.15, 0.2) is 5.69 Å². The van der Waals surface area contributed by atoms with Gasteiger partial charge >= 0.3 is 0 Å². The Morgan fingerprint density at radius 1 is 1.43 bits per heavy atom. The number of hydrogen-bond acceptors (Lipinski definition) is 5. The fourth-order valence-electron chi connectivity index (χ4n) is 1.31. The van der Waals surface area contributed by atoms with E-state index in [-0.39, 0.29) is 12.1 Å². The Morgan fingerprint density at radius 3 is 2.71 bits per heavy atom. The molecule has 1 fully saturated rings. The fourth-order valence-corrected chi connectivity index (χ4v) is 1.31. The second kappa shape index (κ2) is 3.60. The maximum atomic E-state index is 8.49. The SMILES string of the molecule is N#Cc1cnc(OC2CC(N)C2)cn1. The molecule has 5 heteroatoms. The quantitative estimate of drug-likeness (QED) is 0.720. The number of nitrogens with zero attached hydrogens (tertiary/aromatic N) is 3. The zero-order chi connectivity index (χ0) is 9.97. The van der Waals surface area contributed by atoms with Crippen LogP contribution in [0.25, 0.3) is 0 Å². The topological polar surface area (TPSA) is 84.8 Å². The summed E-state index contributed by atoms with van der Waals surface area (Å²) in [6.45, 7) is 0. The van der Waals surface area contributed by atoms with Gasteiger partial charge in [0, 0.05) is 6.04 Å². The summed E-state index contributed by atoms with van der Waals surface area (Å²) in [6, 6.07) is 2.15. The summed E-state index contributed by atoms with van der Waals surface area (Å²) in [5.41, 5.74) is 5.90. The first-order valence-electron chi connectivity index (χ1n) is 4.42. The number of nitriles is 1. The number of rotatable bonds is 2. The van der Waals surface area contributed by atoms with Crippen molar-refractivity contribution >= 4 is 0 Å². The van der Waals surface area contributed by atoms with Crippen molar-refractivity contribution in [1.82, 2.24) is 9.97 Å². The standard InChI is InChI=1S/C9H10N4O/c10-3-7-4-13-9(5-12-7)14-8-1-6(11)2-8/h4-6,8H,1-2,11H2. The number of aromatic nitrogens is 2. The Labute approximate surface area is 81.5 Å². The van der Waals surface area contributed by atoms with Crippen molar-refractivity contribution in [1.29, 1.82) is 5.26 Å². The maximum absolute atomic E-state index is 8.49. The largest absolute Gasteiger partial charge is 0.473 e. The van der Waals surface area contributed by atoms with Crippen molar-refractivity contribution in [3.05, 3.63) is 18.1 Å². The van der Waals surface area contributed by atoms with Gasteiger partial charge in [0.05, 0.1) is 12.4 Å². The average molecular weight is 190 g/mol. The Bertz CT molecular complexity index is 350. The summed E-state index contributed by atoms with van der Waals surface area (Å²) in [6.07, 6.45) is 4.74. The van der Waals surface area contributed by atoms with Gasteiger partial charge in [-0.05, 0) is 12.8 Å². The molecule has 2 N–H and O–H groups in total. The predicted molar refractivity (Wildman–Crippen MR) is 48.4 cm³/mol. The number of nitrogens with two attached hydrogens (primary N) is 1. The number of hydrogen-bond donors (Lipinski definition) is 1. The maximum Gasteiger partial charge on any atom is 0.232 e. The van der Waals surface area contributed by atoms with E-state index in [2.05, 4.69) is 9.97 Å². The molecule has 0 aliphatic heterocycles. The molecule has 1 saturated carbocycles. The van der Waals surface area contributed by atoms with Crippen LogP contribution in [0.5, 0.6) is 5.88 Å². The van der Waals surface area contributed by atoms with E-state index in [1.807, 2.05) is 6.07 Å². The molecule has 1 aromatic heterocycles. The van der Waals surface area contributed by atoms with Crippen molar-refractivity contribution in [2.45, 2.75) is 25.0 Å². The molecule has 0 bridgehead atoms. The molecule has 1 aliphatic rings. The summed E-state index contributed by atoms with van der Waals surface area (Å²) in [7, 11) is 0. The van der Waals surface area contributed by atoms with Gasteiger partial charge in [0.2, 0.25) is 5.88 Å². The van der Waals surface area contributed by atoms with Gasteiger partial charge in [-0.15, -0.1) is 0 Å². The van der Waals surface area contributed by atoms with Gasteiger partial charge in [-0.25, -0.2) is 9.97 Å². The van der Waals surface area contributed by atoms with Gasteiger partial charge in [0.1, 0.15) is 12.2 Å².